The van der Waals surface area contributed by atoms with E-state index in [2.05, 4.69) is 31.5 Å². The lowest BCUT2D eigenvalue weighted by molar-refractivity contribution is -0.120. The van der Waals surface area contributed by atoms with Crippen LogP contribution in [0.2, 0.25) is 5.02 Å². The summed E-state index contributed by atoms with van der Waals surface area (Å²) < 4.78 is 0.973. The first-order chi connectivity index (χ1) is 11.0. The van der Waals surface area contributed by atoms with Gasteiger partial charge in [-0.1, -0.05) is 39.7 Å². The molecule has 0 unspecified atom stereocenters. The van der Waals surface area contributed by atoms with E-state index in [1.807, 2.05) is 31.2 Å². The molecule has 0 aliphatic carbocycles. The van der Waals surface area contributed by atoms with Gasteiger partial charge in [0.25, 0.3) is 5.91 Å². The second-order valence-electron chi connectivity index (χ2n) is 4.88. The molecule has 1 aromatic carbocycles. The first-order valence-corrected chi connectivity index (χ1v) is 8.07. The molecule has 0 aliphatic rings. The Morgan fingerprint density at radius 3 is 2.61 bits per heavy atom. The molecule has 1 atom stereocenters. The molecule has 7 heteroatoms. The minimum Gasteiger partial charge on any atom is -0.348 e. The maximum Gasteiger partial charge on any atom is 0.270 e. The second kappa shape index (κ2) is 8.08. The highest BCUT2D eigenvalue weighted by Gasteiger charge is 2.12. The number of nitrogens with one attached hydrogen (secondary N) is 2. The van der Waals surface area contributed by atoms with Gasteiger partial charge in [-0.25, -0.2) is 0 Å². The van der Waals surface area contributed by atoms with Gasteiger partial charge in [0, 0.05) is 15.7 Å². The number of carbonyl (C=O) groups excluding carboxylic acids is 2. The van der Waals surface area contributed by atoms with E-state index in [-0.39, 0.29) is 24.2 Å². The Morgan fingerprint density at radius 2 is 1.96 bits per heavy atom. The van der Waals surface area contributed by atoms with Crippen LogP contribution in [-0.4, -0.2) is 23.3 Å². The Balaban J connectivity index is 1.85. The summed E-state index contributed by atoms with van der Waals surface area (Å²) >= 11 is 9.16. The normalized spacial score (nSPS) is 11.6. The van der Waals surface area contributed by atoms with Crippen molar-refractivity contribution in [1.29, 1.82) is 0 Å². The Bertz CT molecular complexity index is 707. The van der Waals surface area contributed by atoms with Crippen LogP contribution in [0.4, 0.5) is 0 Å². The van der Waals surface area contributed by atoms with Crippen LogP contribution in [0.25, 0.3) is 0 Å². The van der Waals surface area contributed by atoms with Gasteiger partial charge in [-0.15, -0.1) is 0 Å². The van der Waals surface area contributed by atoms with Gasteiger partial charge in [0.1, 0.15) is 5.69 Å². The van der Waals surface area contributed by atoms with E-state index in [1.165, 1.54) is 12.3 Å². The van der Waals surface area contributed by atoms with Crippen LogP contribution in [-0.2, 0) is 4.79 Å². The van der Waals surface area contributed by atoms with Gasteiger partial charge in [0.15, 0.2) is 0 Å². The first-order valence-electron chi connectivity index (χ1n) is 6.90. The third-order valence-electron chi connectivity index (χ3n) is 3.11. The molecule has 0 spiro atoms. The number of halogens is 2. The van der Waals surface area contributed by atoms with Crippen molar-refractivity contribution in [3.63, 3.8) is 0 Å². The fourth-order valence-electron chi connectivity index (χ4n) is 1.91. The van der Waals surface area contributed by atoms with Crippen LogP contribution >= 0.6 is 27.5 Å². The number of nitrogens with zero attached hydrogens (tertiary/aromatic N) is 1. The summed E-state index contributed by atoms with van der Waals surface area (Å²) in [6.07, 6.45) is 1.44. The minimum atomic E-state index is -0.445. The number of rotatable bonds is 5. The van der Waals surface area contributed by atoms with Gasteiger partial charge in [-0.05, 0) is 36.8 Å². The van der Waals surface area contributed by atoms with Gasteiger partial charge in [-0.2, -0.15) is 0 Å². The summed E-state index contributed by atoms with van der Waals surface area (Å²) in [5.41, 5.74) is 1.15. The highest BCUT2D eigenvalue weighted by molar-refractivity contribution is 9.10. The lowest BCUT2D eigenvalue weighted by Crippen LogP contribution is -2.38. The van der Waals surface area contributed by atoms with E-state index in [1.54, 1.807) is 6.07 Å². The molecule has 0 aliphatic heterocycles. The standard InChI is InChI=1S/C16H15BrClN3O2/c1-10(11-2-4-12(17)5-3-11)21-15(22)9-20-16(23)14-8-13(18)6-7-19-14/h2-8,10H,9H2,1H3,(H,20,23)(H,21,22)/t10-/m0/s1. The molecule has 0 saturated heterocycles. The van der Waals surface area contributed by atoms with Crippen LogP contribution in [0.5, 0.6) is 0 Å². The molecule has 0 fully saturated rings. The molecule has 2 amide bonds. The lowest BCUT2D eigenvalue weighted by Gasteiger charge is -2.14. The highest BCUT2D eigenvalue weighted by Crippen LogP contribution is 2.16. The number of benzene rings is 1. The zero-order chi connectivity index (χ0) is 16.8. The summed E-state index contributed by atoms with van der Waals surface area (Å²) in [5.74, 6) is -0.727. The average Bonchev–Trinajstić information content (AvgIpc) is 2.53. The third-order valence-corrected chi connectivity index (χ3v) is 3.88. The summed E-state index contributed by atoms with van der Waals surface area (Å²) in [5, 5.41) is 5.75. The molecule has 5 nitrogen and oxygen atoms in total. The fraction of sp³-hybridized carbons (Fsp3) is 0.188. The largest absolute Gasteiger partial charge is 0.348 e. The maximum atomic E-state index is 11.9. The third kappa shape index (κ3) is 5.33. The van der Waals surface area contributed by atoms with Crippen LogP contribution in [0.3, 0.4) is 0 Å². The number of pyridine rings is 1. The summed E-state index contributed by atoms with van der Waals surface area (Å²) in [4.78, 5) is 27.7. The lowest BCUT2D eigenvalue weighted by atomic mass is 10.1. The molecule has 2 rings (SSSR count). The van der Waals surface area contributed by atoms with Crippen molar-refractivity contribution in [2.45, 2.75) is 13.0 Å². The Kier molecular flexibility index (Phi) is 6.12. The molecular weight excluding hydrogens is 382 g/mol. The quantitative estimate of drug-likeness (QED) is 0.816. The maximum absolute atomic E-state index is 11.9. The smallest absolute Gasteiger partial charge is 0.270 e. The number of carbonyl (C=O) groups is 2. The molecule has 1 aromatic heterocycles. The Hall–Kier alpha value is -1.92. The highest BCUT2D eigenvalue weighted by atomic mass is 79.9. The molecule has 2 N–H and O–H groups in total. The number of amides is 2. The molecular formula is C16H15BrClN3O2. The molecule has 0 radical (unpaired) electrons. The number of hydrogen-bond acceptors (Lipinski definition) is 3. The predicted octanol–water partition coefficient (Wildman–Crippen LogP) is 3.10. The minimum absolute atomic E-state index is 0.131. The fourth-order valence-corrected chi connectivity index (χ4v) is 2.33. The van der Waals surface area contributed by atoms with Crippen LogP contribution in [0.15, 0.2) is 47.1 Å². The van der Waals surface area contributed by atoms with E-state index in [4.69, 9.17) is 11.6 Å². The monoisotopic (exact) mass is 395 g/mol. The molecule has 0 saturated carbocycles. The van der Waals surface area contributed by atoms with Crippen LogP contribution in [0.1, 0.15) is 29.0 Å². The molecule has 23 heavy (non-hydrogen) atoms. The first kappa shape index (κ1) is 17.4. The summed E-state index contributed by atoms with van der Waals surface area (Å²) in [6.45, 7) is 1.75. The SMILES string of the molecule is C[C@H](NC(=O)CNC(=O)c1cc(Cl)ccn1)c1ccc(Br)cc1. The van der Waals surface area contributed by atoms with Crippen molar-refractivity contribution in [2.24, 2.45) is 0 Å². The predicted molar refractivity (Wildman–Crippen MR) is 92.3 cm³/mol. The van der Waals surface area contributed by atoms with E-state index in [9.17, 15) is 9.59 Å². The van der Waals surface area contributed by atoms with E-state index < -0.39 is 5.91 Å². The van der Waals surface area contributed by atoms with Gasteiger partial charge in [0.2, 0.25) is 5.91 Å². The van der Waals surface area contributed by atoms with E-state index >= 15 is 0 Å². The zero-order valence-corrected chi connectivity index (χ0v) is 14.7. The molecule has 2 aromatic rings. The Morgan fingerprint density at radius 1 is 1.26 bits per heavy atom. The van der Waals surface area contributed by atoms with E-state index in [0.717, 1.165) is 10.0 Å². The number of aromatic nitrogens is 1. The number of hydrogen-bond donors (Lipinski definition) is 2. The van der Waals surface area contributed by atoms with Crippen molar-refractivity contribution in [1.82, 2.24) is 15.6 Å². The summed E-state index contributed by atoms with van der Waals surface area (Å²) in [6, 6.07) is 10.5. The molecule has 1 heterocycles. The van der Waals surface area contributed by atoms with Crippen LogP contribution < -0.4 is 10.6 Å². The van der Waals surface area contributed by atoms with Crippen molar-refractivity contribution in [3.05, 3.63) is 63.3 Å². The zero-order valence-electron chi connectivity index (χ0n) is 12.3. The second-order valence-corrected chi connectivity index (χ2v) is 6.23. The summed E-state index contributed by atoms with van der Waals surface area (Å²) in [7, 11) is 0. The van der Waals surface area contributed by atoms with Crippen molar-refractivity contribution in [3.8, 4) is 0 Å². The Labute approximate surface area is 147 Å². The topological polar surface area (TPSA) is 71.1 Å². The van der Waals surface area contributed by atoms with Crippen molar-refractivity contribution < 1.29 is 9.59 Å². The van der Waals surface area contributed by atoms with Crippen molar-refractivity contribution in [2.75, 3.05) is 6.54 Å². The average molecular weight is 397 g/mol. The van der Waals surface area contributed by atoms with Crippen LogP contribution in [0, 0.1) is 0 Å². The van der Waals surface area contributed by atoms with Gasteiger partial charge < -0.3 is 10.6 Å². The van der Waals surface area contributed by atoms with Gasteiger partial charge in [-0.3, -0.25) is 14.6 Å². The molecule has 120 valence electrons. The van der Waals surface area contributed by atoms with E-state index in [0.29, 0.717) is 5.02 Å². The molecule has 0 bridgehead atoms. The van der Waals surface area contributed by atoms with Gasteiger partial charge >= 0.3 is 0 Å². The van der Waals surface area contributed by atoms with Crippen molar-refractivity contribution >= 4 is 39.3 Å². The van der Waals surface area contributed by atoms with Gasteiger partial charge in [0.05, 0.1) is 12.6 Å².